The van der Waals surface area contributed by atoms with E-state index in [0.717, 1.165) is 12.8 Å². The first kappa shape index (κ1) is 14.0. The maximum absolute atomic E-state index is 12.3. The minimum Gasteiger partial charge on any atom is -0.480 e. The zero-order chi connectivity index (χ0) is 13.1. The molecule has 1 fully saturated rings. The Kier molecular flexibility index (Phi) is 4.51. The first-order valence-corrected chi connectivity index (χ1v) is 6.14. The standard InChI is InChI=1S/C12H22N2O3/c1-12(2,6-7-13)11(17)14-8-4-3-5-9(14)10(15)16/h9H,3-8,13H2,1-2H3,(H,15,16)/t9-/m1/s1. The monoisotopic (exact) mass is 242 g/mol. The predicted molar refractivity (Wildman–Crippen MR) is 64.4 cm³/mol. The van der Waals surface area contributed by atoms with Crippen molar-refractivity contribution in [2.75, 3.05) is 13.1 Å². The van der Waals surface area contributed by atoms with Crippen LogP contribution in [0.3, 0.4) is 0 Å². The molecule has 0 saturated carbocycles. The molecule has 1 aliphatic rings. The Bertz CT molecular complexity index is 302. The van der Waals surface area contributed by atoms with Crippen LogP contribution in [0, 0.1) is 5.41 Å². The van der Waals surface area contributed by atoms with E-state index in [9.17, 15) is 9.59 Å². The van der Waals surface area contributed by atoms with E-state index in [4.69, 9.17) is 10.8 Å². The van der Waals surface area contributed by atoms with E-state index < -0.39 is 17.4 Å². The number of hydrogen-bond donors (Lipinski definition) is 2. The summed E-state index contributed by atoms with van der Waals surface area (Å²) in [5.41, 5.74) is 4.92. The Balaban J connectivity index is 2.81. The summed E-state index contributed by atoms with van der Waals surface area (Å²) in [6.45, 7) is 4.64. The maximum atomic E-state index is 12.3. The average Bonchev–Trinajstić information content (AvgIpc) is 2.28. The fourth-order valence-electron chi connectivity index (χ4n) is 2.29. The maximum Gasteiger partial charge on any atom is 0.326 e. The summed E-state index contributed by atoms with van der Waals surface area (Å²) >= 11 is 0. The van der Waals surface area contributed by atoms with E-state index in [1.165, 1.54) is 4.90 Å². The van der Waals surface area contributed by atoms with E-state index >= 15 is 0 Å². The van der Waals surface area contributed by atoms with Crippen LogP contribution in [-0.4, -0.2) is 41.0 Å². The lowest BCUT2D eigenvalue weighted by Gasteiger charge is -2.38. The molecule has 0 aliphatic carbocycles. The number of amides is 1. The summed E-state index contributed by atoms with van der Waals surface area (Å²) < 4.78 is 0. The highest BCUT2D eigenvalue weighted by atomic mass is 16.4. The van der Waals surface area contributed by atoms with Gasteiger partial charge in [0.15, 0.2) is 0 Å². The highest BCUT2D eigenvalue weighted by molar-refractivity contribution is 5.87. The number of nitrogens with two attached hydrogens (primary N) is 1. The second-order valence-corrected chi connectivity index (χ2v) is 5.27. The van der Waals surface area contributed by atoms with E-state index in [-0.39, 0.29) is 5.91 Å². The number of carbonyl (C=O) groups excluding carboxylic acids is 1. The molecular weight excluding hydrogens is 220 g/mol. The van der Waals surface area contributed by atoms with Gasteiger partial charge in [-0.25, -0.2) is 4.79 Å². The average molecular weight is 242 g/mol. The third-order valence-electron chi connectivity index (χ3n) is 3.40. The molecule has 1 saturated heterocycles. The van der Waals surface area contributed by atoms with Gasteiger partial charge in [0, 0.05) is 12.0 Å². The number of carboxylic acid groups (broad SMARTS) is 1. The van der Waals surface area contributed by atoms with Gasteiger partial charge in [-0.15, -0.1) is 0 Å². The van der Waals surface area contributed by atoms with Gasteiger partial charge in [-0.3, -0.25) is 4.79 Å². The van der Waals surface area contributed by atoms with Crippen molar-refractivity contribution in [2.45, 2.75) is 45.6 Å². The molecule has 1 atom stereocenters. The quantitative estimate of drug-likeness (QED) is 0.764. The summed E-state index contributed by atoms with van der Waals surface area (Å²) in [6.07, 6.45) is 2.89. The predicted octanol–water partition coefficient (Wildman–Crippen LogP) is 0.827. The molecule has 0 bridgehead atoms. The van der Waals surface area contributed by atoms with Crippen LogP contribution in [-0.2, 0) is 9.59 Å². The van der Waals surface area contributed by atoms with Gasteiger partial charge in [0.05, 0.1) is 0 Å². The normalized spacial score (nSPS) is 21.4. The zero-order valence-corrected chi connectivity index (χ0v) is 10.6. The Morgan fingerprint density at radius 1 is 1.41 bits per heavy atom. The number of hydrogen-bond acceptors (Lipinski definition) is 3. The van der Waals surface area contributed by atoms with Crippen molar-refractivity contribution in [3.05, 3.63) is 0 Å². The minimum absolute atomic E-state index is 0.0879. The van der Waals surface area contributed by atoms with Crippen LogP contribution in [0.2, 0.25) is 0 Å². The van der Waals surface area contributed by atoms with Crippen LogP contribution in [0.5, 0.6) is 0 Å². The topological polar surface area (TPSA) is 83.6 Å². The van der Waals surface area contributed by atoms with Crippen molar-refractivity contribution in [3.8, 4) is 0 Å². The van der Waals surface area contributed by atoms with Crippen molar-refractivity contribution in [1.82, 2.24) is 4.90 Å². The van der Waals surface area contributed by atoms with E-state index in [1.807, 2.05) is 13.8 Å². The second kappa shape index (κ2) is 5.49. The molecule has 5 nitrogen and oxygen atoms in total. The van der Waals surface area contributed by atoms with Gasteiger partial charge in [-0.1, -0.05) is 13.8 Å². The highest BCUT2D eigenvalue weighted by Crippen LogP contribution is 2.27. The molecule has 0 radical (unpaired) electrons. The van der Waals surface area contributed by atoms with Crippen LogP contribution in [0.1, 0.15) is 39.5 Å². The largest absolute Gasteiger partial charge is 0.480 e. The molecule has 1 heterocycles. The summed E-state index contributed by atoms with van der Waals surface area (Å²) in [5, 5.41) is 9.13. The summed E-state index contributed by atoms with van der Waals surface area (Å²) in [6, 6.07) is -0.659. The van der Waals surface area contributed by atoms with Crippen molar-refractivity contribution in [2.24, 2.45) is 11.1 Å². The van der Waals surface area contributed by atoms with Gasteiger partial charge in [0.25, 0.3) is 0 Å². The Morgan fingerprint density at radius 3 is 2.59 bits per heavy atom. The third-order valence-corrected chi connectivity index (χ3v) is 3.40. The molecule has 5 heteroatoms. The smallest absolute Gasteiger partial charge is 0.326 e. The first-order chi connectivity index (χ1) is 7.90. The molecule has 0 aromatic heterocycles. The van der Waals surface area contributed by atoms with E-state index in [0.29, 0.717) is 25.9 Å². The summed E-state index contributed by atoms with van der Waals surface area (Å²) in [4.78, 5) is 25.0. The third kappa shape index (κ3) is 3.19. The molecule has 3 N–H and O–H groups in total. The summed E-state index contributed by atoms with van der Waals surface area (Å²) in [5.74, 6) is -0.989. The lowest BCUT2D eigenvalue weighted by atomic mass is 9.86. The lowest BCUT2D eigenvalue weighted by molar-refractivity contribution is -0.156. The van der Waals surface area contributed by atoms with E-state index in [1.54, 1.807) is 0 Å². The number of carboxylic acids is 1. The van der Waals surface area contributed by atoms with Crippen LogP contribution in [0.4, 0.5) is 0 Å². The van der Waals surface area contributed by atoms with Crippen LogP contribution in [0.25, 0.3) is 0 Å². The second-order valence-electron chi connectivity index (χ2n) is 5.27. The van der Waals surface area contributed by atoms with Gasteiger partial charge < -0.3 is 15.7 Å². The number of likely N-dealkylation sites (tertiary alicyclic amines) is 1. The molecule has 17 heavy (non-hydrogen) atoms. The van der Waals surface area contributed by atoms with Gasteiger partial charge in [0.2, 0.25) is 5.91 Å². The van der Waals surface area contributed by atoms with Crippen molar-refractivity contribution in [3.63, 3.8) is 0 Å². The Labute approximate surface area is 102 Å². The fraction of sp³-hybridized carbons (Fsp3) is 0.833. The lowest BCUT2D eigenvalue weighted by Crippen LogP contribution is -2.52. The Morgan fingerprint density at radius 2 is 2.06 bits per heavy atom. The molecule has 1 aliphatic heterocycles. The van der Waals surface area contributed by atoms with Gasteiger partial charge in [-0.2, -0.15) is 0 Å². The molecule has 0 unspecified atom stereocenters. The molecule has 1 rings (SSSR count). The number of nitrogens with zero attached hydrogens (tertiary/aromatic N) is 1. The molecule has 0 spiro atoms. The number of rotatable bonds is 4. The molecule has 98 valence electrons. The molecular formula is C12H22N2O3. The van der Waals surface area contributed by atoms with Crippen LogP contribution < -0.4 is 5.73 Å². The number of carbonyl (C=O) groups is 2. The van der Waals surface area contributed by atoms with Crippen molar-refractivity contribution >= 4 is 11.9 Å². The Hall–Kier alpha value is -1.10. The van der Waals surface area contributed by atoms with E-state index in [2.05, 4.69) is 0 Å². The van der Waals surface area contributed by atoms with Crippen molar-refractivity contribution in [1.29, 1.82) is 0 Å². The molecule has 0 aromatic carbocycles. The molecule has 0 aromatic rings. The van der Waals surface area contributed by atoms with Gasteiger partial charge >= 0.3 is 5.97 Å². The zero-order valence-electron chi connectivity index (χ0n) is 10.6. The number of piperidine rings is 1. The fourth-order valence-corrected chi connectivity index (χ4v) is 2.29. The molecule has 1 amide bonds. The highest BCUT2D eigenvalue weighted by Gasteiger charge is 2.38. The SMILES string of the molecule is CC(C)(CCN)C(=O)N1CCCC[C@@H]1C(=O)O. The first-order valence-electron chi connectivity index (χ1n) is 6.14. The van der Waals surface area contributed by atoms with Crippen LogP contribution >= 0.6 is 0 Å². The van der Waals surface area contributed by atoms with Crippen molar-refractivity contribution < 1.29 is 14.7 Å². The number of aliphatic carboxylic acids is 1. The summed E-state index contributed by atoms with van der Waals surface area (Å²) in [7, 11) is 0. The van der Waals surface area contributed by atoms with Gasteiger partial charge in [0.1, 0.15) is 6.04 Å². The van der Waals surface area contributed by atoms with Gasteiger partial charge in [-0.05, 0) is 32.2 Å². The minimum atomic E-state index is -0.901. The van der Waals surface area contributed by atoms with Crippen LogP contribution in [0.15, 0.2) is 0 Å².